The molecule has 0 aromatic heterocycles. The van der Waals surface area contributed by atoms with Gasteiger partial charge in [-0.15, -0.1) is 0 Å². The number of carbonyl (C=O) groups is 2. The minimum atomic E-state index is -0.460. The van der Waals surface area contributed by atoms with Crippen LogP contribution in [0.1, 0.15) is 13.3 Å². The summed E-state index contributed by atoms with van der Waals surface area (Å²) in [5.41, 5.74) is 5.11. The van der Waals surface area contributed by atoms with Gasteiger partial charge in [-0.05, 0) is 26.4 Å². The third kappa shape index (κ3) is 5.14. The van der Waals surface area contributed by atoms with E-state index < -0.39 is 5.91 Å². The summed E-state index contributed by atoms with van der Waals surface area (Å²) in [7, 11) is 0. The van der Waals surface area contributed by atoms with E-state index >= 15 is 0 Å². The molecule has 6 heteroatoms. The van der Waals surface area contributed by atoms with Gasteiger partial charge in [-0.2, -0.15) is 0 Å². The van der Waals surface area contributed by atoms with Crippen LogP contribution in [0.3, 0.4) is 0 Å². The van der Waals surface area contributed by atoms with E-state index in [2.05, 4.69) is 10.2 Å². The van der Waals surface area contributed by atoms with Gasteiger partial charge in [-0.25, -0.2) is 0 Å². The van der Waals surface area contributed by atoms with Crippen molar-refractivity contribution >= 4 is 11.8 Å². The number of amides is 2. The fourth-order valence-corrected chi connectivity index (χ4v) is 1.92. The monoisotopic (exact) mass is 242 g/mol. The molecule has 98 valence electrons. The second kappa shape index (κ2) is 7.24. The van der Waals surface area contributed by atoms with Crippen molar-refractivity contribution in [1.29, 1.82) is 0 Å². The molecule has 0 bridgehead atoms. The summed E-state index contributed by atoms with van der Waals surface area (Å²) in [6, 6.07) is 0. The molecule has 1 fully saturated rings. The lowest BCUT2D eigenvalue weighted by Crippen LogP contribution is -2.44. The molecule has 17 heavy (non-hydrogen) atoms. The number of rotatable bonds is 5. The summed E-state index contributed by atoms with van der Waals surface area (Å²) in [5.74, 6) is -0.481. The molecule has 0 aliphatic carbocycles. The summed E-state index contributed by atoms with van der Waals surface area (Å²) < 4.78 is 0. The van der Waals surface area contributed by atoms with Crippen LogP contribution in [-0.4, -0.2) is 67.4 Å². The molecule has 0 saturated carbocycles. The zero-order chi connectivity index (χ0) is 12.7. The van der Waals surface area contributed by atoms with E-state index in [9.17, 15) is 9.59 Å². The molecule has 1 aliphatic heterocycles. The van der Waals surface area contributed by atoms with Gasteiger partial charge in [0.2, 0.25) is 11.8 Å². The van der Waals surface area contributed by atoms with E-state index in [1.807, 2.05) is 6.92 Å². The highest BCUT2D eigenvalue weighted by molar-refractivity contribution is 5.84. The van der Waals surface area contributed by atoms with Gasteiger partial charge in [0.1, 0.15) is 0 Å². The van der Waals surface area contributed by atoms with E-state index in [0.717, 1.165) is 32.6 Å². The van der Waals surface area contributed by atoms with Crippen LogP contribution in [-0.2, 0) is 9.59 Å². The van der Waals surface area contributed by atoms with Gasteiger partial charge in [-0.3, -0.25) is 14.5 Å². The summed E-state index contributed by atoms with van der Waals surface area (Å²) in [6.07, 6.45) is 1.05. The van der Waals surface area contributed by atoms with Crippen LogP contribution < -0.4 is 11.1 Å². The van der Waals surface area contributed by atoms with E-state index in [4.69, 9.17) is 5.73 Å². The average molecular weight is 242 g/mol. The van der Waals surface area contributed by atoms with Crippen molar-refractivity contribution in [2.75, 3.05) is 45.8 Å². The van der Waals surface area contributed by atoms with Crippen LogP contribution in [0.25, 0.3) is 0 Å². The Labute approximate surface area is 102 Å². The fraction of sp³-hybridized carbons (Fsp3) is 0.818. The van der Waals surface area contributed by atoms with Gasteiger partial charge in [0, 0.05) is 19.6 Å². The number of primary amides is 1. The fourth-order valence-electron chi connectivity index (χ4n) is 1.92. The van der Waals surface area contributed by atoms with Crippen molar-refractivity contribution in [2.24, 2.45) is 5.73 Å². The molecule has 3 N–H and O–H groups in total. The number of nitrogens with zero attached hydrogens (tertiary/aromatic N) is 2. The molecule has 0 aromatic rings. The van der Waals surface area contributed by atoms with Crippen LogP contribution in [0.2, 0.25) is 0 Å². The Hall–Kier alpha value is -1.14. The molecule has 2 amide bonds. The van der Waals surface area contributed by atoms with E-state index in [1.54, 1.807) is 0 Å². The Morgan fingerprint density at radius 3 is 2.76 bits per heavy atom. The standard InChI is InChI=1S/C11H22N4O2/c1-2-15(8-10(12)16)11(17)9-14-6-3-4-13-5-7-14/h13H,2-9H2,1H3,(H2,12,16). The summed E-state index contributed by atoms with van der Waals surface area (Å²) >= 11 is 0. The summed E-state index contributed by atoms with van der Waals surface area (Å²) in [6.45, 7) is 6.48. The number of nitrogens with two attached hydrogens (primary N) is 1. The zero-order valence-corrected chi connectivity index (χ0v) is 10.4. The lowest BCUT2D eigenvalue weighted by molar-refractivity contribution is -0.135. The maximum absolute atomic E-state index is 11.9. The van der Waals surface area contributed by atoms with Crippen molar-refractivity contribution in [3.63, 3.8) is 0 Å². The number of likely N-dealkylation sites (N-methyl/N-ethyl adjacent to an activating group) is 1. The molecule has 1 heterocycles. The number of nitrogens with one attached hydrogen (secondary N) is 1. The predicted molar refractivity (Wildman–Crippen MR) is 65.4 cm³/mol. The highest BCUT2D eigenvalue weighted by atomic mass is 16.2. The van der Waals surface area contributed by atoms with Crippen molar-refractivity contribution in [2.45, 2.75) is 13.3 Å². The molecular formula is C11H22N4O2. The molecule has 0 aromatic carbocycles. The SMILES string of the molecule is CCN(CC(N)=O)C(=O)CN1CCCNCC1. The molecule has 1 rings (SSSR count). The number of hydrogen-bond donors (Lipinski definition) is 2. The van der Waals surface area contributed by atoms with Crippen molar-refractivity contribution in [1.82, 2.24) is 15.1 Å². The van der Waals surface area contributed by atoms with E-state index in [0.29, 0.717) is 13.1 Å². The van der Waals surface area contributed by atoms with Crippen LogP contribution in [0, 0.1) is 0 Å². The largest absolute Gasteiger partial charge is 0.368 e. The van der Waals surface area contributed by atoms with Gasteiger partial charge in [-0.1, -0.05) is 0 Å². The normalized spacial score (nSPS) is 17.5. The summed E-state index contributed by atoms with van der Waals surface area (Å²) in [5, 5.41) is 3.29. The molecule has 6 nitrogen and oxygen atoms in total. The molecule has 0 unspecified atom stereocenters. The van der Waals surface area contributed by atoms with Crippen LogP contribution in [0.15, 0.2) is 0 Å². The third-order valence-corrected chi connectivity index (χ3v) is 2.87. The van der Waals surface area contributed by atoms with Gasteiger partial charge < -0.3 is 16.0 Å². The molecule has 1 aliphatic rings. The van der Waals surface area contributed by atoms with Gasteiger partial charge in [0.05, 0.1) is 13.1 Å². The second-order valence-electron chi connectivity index (χ2n) is 4.25. The van der Waals surface area contributed by atoms with Crippen LogP contribution in [0.5, 0.6) is 0 Å². The Bertz CT molecular complexity index is 262. The third-order valence-electron chi connectivity index (χ3n) is 2.87. The first-order valence-corrected chi connectivity index (χ1v) is 6.12. The van der Waals surface area contributed by atoms with Crippen molar-refractivity contribution in [3.05, 3.63) is 0 Å². The first-order valence-electron chi connectivity index (χ1n) is 6.12. The minimum absolute atomic E-state index is 0.0153. The smallest absolute Gasteiger partial charge is 0.237 e. The molecular weight excluding hydrogens is 220 g/mol. The minimum Gasteiger partial charge on any atom is -0.368 e. The highest BCUT2D eigenvalue weighted by Crippen LogP contribution is 1.98. The zero-order valence-electron chi connectivity index (χ0n) is 10.4. The Balaban J connectivity index is 2.41. The Kier molecular flexibility index (Phi) is 5.93. The Morgan fingerprint density at radius 1 is 1.35 bits per heavy atom. The topological polar surface area (TPSA) is 78.7 Å². The molecule has 0 atom stereocenters. The Morgan fingerprint density at radius 2 is 2.12 bits per heavy atom. The first-order chi connectivity index (χ1) is 8.13. The molecule has 0 spiro atoms. The quantitative estimate of drug-likeness (QED) is 0.622. The highest BCUT2D eigenvalue weighted by Gasteiger charge is 2.18. The van der Waals surface area contributed by atoms with E-state index in [1.165, 1.54) is 4.90 Å². The maximum atomic E-state index is 11.9. The van der Waals surface area contributed by atoms with Crippen molar-refractivity contribution < 1.29 is 9.59 Å². The van der Waals surface area contributed by atoms with E-state index in [-0.39, 0.29) is 12.5 Å². The number of hydrogen-bond acceptors (Lipinski definition) is 4. The molecule has 0 radical (unpaired) electrons. The van der Waals surface area contributed by atoms with Crippen LogP contribution >= 0.6 is 0 Å². The van der Waals surface area contributed by atoms with Gasteiger partial charge in [0.25, 0.3) is 0 Å². The lowest BCUT2D eigenvalue weighted by Gasteiger charge is -2.24. The van der Waals surface area contributed by atoms with Crippen LogP contribution in [0.4, 0.5) is 0 Å². The predicted octanol–water partition coefficient (Wildman–Crippen LogP) is -1.38. The second-order valence-corrected chi connectivity index (χ2v) is 4.25. The average Bonchev–Trinajstić information content (AvgIpc) is 2.54. The number of carbonyl (C=O) groups excluding carboxylic acids is 2. The van der Waals surface area contributed by atoms with Gasteiger partial charge >= 0.3 is 0 Å². The maximum Gasteiger partial charge on any atom is 0.237 e. The first kappa shape index (κ1) is 13.9. The van der Waals surface area contributed by atoms with Crippen molar-refractivity contribution in [3.8, 4) is 0 Å². The lowest BCUT2D eigenvalue weighted by atomic mass is 10.3. The van der Waals surface area contributed by atoms with Gasteiger partial charge in [0.15, 0.2) is 0 Å². The molecule has 1 saturated heterocycles. The summed E-state index contributed by atoms with van der Waals surface area (Å²) in [4.78, 5) is 26.4.